The number of amides is 1. The fourth-order valence-corrected chi connectivity index (χ4v) is 3.90. The van der Waals surface area contributed by atoms with Crippen molar-refractivity contribution >= 4 is 36.5 Å². The van der Waals surface area contributed by atoms with Gasteiger partial charge in [0, 0.05) is 7.05 Å². The number of hydrogen-bond donors (Lipinski definition) is 2. The summed E-state index contributed by atoms with van der Waals surface area (Å²) in [7, 11) is 1.65. The molecule has 2 nitrogen and oxygen atoms in total. The van der Waals surface area contributed by atoms with Gasteiger partial charge in [-0.25, -0.2) is 0 Å². The molecule has 0 saturated carbocycles. The first-order valence-corrected chi connectivity index (χ1v) is 6.67. The summed E-state index contributed by atoms with van der Waals surface area (Å²) in [6.45, 7) is 4.23. The van der Waals surface area contributed by atoms with Gasteiger partial charge in [-0.3, -0.25) is 4.79 Å². The average Bonchev–Trinajstić information content (AvgIpc) is 1.86. The lowest BCUT2D eigenvalue weighted by Gasteiger charge is -2.19. The topological polar surface area (TPSA) is 29.1 Å². The molecule has 60 valence electrons. The molecule has 0 aliphatic carbocycles. The van der Waals surface area contributed by atoms with Crippen molar-refractivity contribution in [1.29, 1.82) is 0 Å². The van der Waals surface area contributed by atoms with E-state index in [0.717, 1.165) is 0 Å². The molecule has 0 radical (unpaired) electrons. The van der Waals surface area contributed by atoms with Gasteiger partial charge >= 0.3 is 0 Å². The molecule has 1 atom stereocenters. The summed E-state index contributed by atoms with van der Waals surface area (Å²) in [5.74, 6) is 0.0547. The third kappa shape index (κ3) is 3.13. The molecule has 0 heterocycles. The molecular formula is C5H12NOPS2. The van der Waals surface area contributed by atoms with Gasteiger partial charge in [-0.2, -0.15) is 0 Å². The van der Waals surface area contributed by atoms with Crippen LogP contribution in [0.5, 0.6) is 0 Å². The fraction of sp³-hybridized carbons (Fsp3) is 0.800. The number of thiol groups is 1. The van der Waals surface area contributed by atoms with Crippen molar-refractivity contribution in [3.63, 3.8) is 0 Å². The summed E-state index contributed by atoms with van der Waals surface area (Å²) in [5, 5.41) is 2.60. The summed E-state index contributed by atoms with van der Waals surface area (Å²) < 4.78 is -0.338. The van der Waals surface area contributed by atoms with Crippen molar-refractivity contribution < 1.29 is 4.79 Å². The van der Waals surface area contributed by atoms with E-state index in [1.165, 1.54) is 0 Å². The van der Waals surface area contributed by atoms with Crippen LogP contribution in [0, 0.1) is 0 Å². The predicted molar refractivity (Wildman–Crippen MR) is 53.0 cm³/mol. The van der Waals surface area contributed by atoms with Crippen LogP contribution in [0.4, 0.5) is 0 Å². The zero-order valence-electron chi connectivity index (χ0n) is 6.26. The van der Waals surface area contributed by atoms with Gasteiger partial charge in [0.05, 0.1) is 4.75 Å². The predicted octanol–water partition coefficient (Wildman–Crippen LogP) is 1.68. The highest BCUT2D eigenvalue weighted by Gasteiger charge is 2.26. The molecule has 0 aliphatic heterocycles. The van der Waals surface area contributed by atoms with Crippen LogP contribution < -0.4 is 5.32 Å². The zero-order chi connectivity index (χ0) is 8.20. The Labute approximate surface area is 72.6 Å². The van der Waals surface area contributed by atoms with Gasteiger partial charge in [0.1, 0.15) is 0 Å². The highest BCUT2D eigenvalue weighted by atomic mass is 33.1. The van der Waals surface area contributed by atoms with Crippen LogP contribution >= 0.6 is 30.6 Å². The fourth-order valence-electron chi connectivity index (χ4n) is 0.461. The average molecular weight is 197 g/mol. The van der Waals surface area contributed by atoms with Crippen molar-refractivity contribution in [2.75, 3.05) is 7.05 Å². The van der Waals surface area contributed by atoms with E-state index in [0.29, 0.717) is 6.98 Å². The van der Waals surface area contributed by atoms with Gasteiger partial charge in [-0.1, -0.05) is 0 Å². The Morgan fingerprint density at radius 3 is 2.50 bits per heavy atom. The van der Waals surface area contributed by atoms with E-state index in [4.69, 9.17) is 0 Å². The second-order valence-electron chi connectivity index (χ2n) is 2.28. The molecule has 0 aromatic heterocycles. The van der Waals surface area contributed by atoms with E-state index in [9.17, 15) is 4.79 Å². The Bertz CT molecular complexity index is 129. The maximum Gasteiger partial charge on any atom is 0.235 e. The molecule has 5 heteroatoms. The minimum atomic E-state index is -0.338. The van der Waals surface area contributed by atoms with Crippen LogP contribution in [-0.2, 0) is 4.79 Å². The minimum absolute atomic E-state index is 0.0547. The number of rotatable bonds is 3. The molecule has 0 aromatic rings. The monoisotopic (exact) mass is 197 g/mol. The second kappa shape index (κ2) is 4.47. The molecule has 0 saturated heterocycles. The van der Waals surface area contributed by atoms with E-state index in [1.54, 1.807) is 18.4 Å². The van der Waals surface area contributed by atoms with Crippen LogP contribution in [0.2, 0.25) is 0 Å². The molecule has 0 fully saturated rings. The standard InChI is InChI=1S/C5H12NOPS2/c1-5(2,10-8-9)4(7)6-3/h8-9H,1-3H3,(H,6,7). The smallest absolute Gasteiger partial charge is 0.235 e. The van der Waals surface area contributed by atoms with E-state index in [-0.39, 0.29) is 10.7 Å². The van der Waals surface area contributed by atoms with Crippen LogP contribution in [0.15, 0.2) is 0 Å². The van der Waals surface area contributed by atoms with Gasteiger partial charge in [-0.15, -0.1) is 23.6 Å². The van der Waals surface area contributed by atoms with E-state index in [2.05, 4.69) is 17.6 Å². The van der Waals surface area contributed by atoms with Crippen molar-refractivity contribution in [3.05, 3.63) is 0 Å². The van der Waals surface area contributed by atoms with Gasteiger partial charge < -0.3 is 5.32 Å². The number of nitrogens with one attached hydrogen (secondary N) is 1. The highest BCUT2D eigenvalue weighted by Crippen LogP contribution is 2.43. The summed E-state index contributed by atoms with van der Waals surface area (Å²) in [4.78, 5) is 11.1. The van der Waals surface area contributed by atoms with Crippen LogP contribution in [0.25, 0.3) is 0 Å². The first kappa shape index (κ1) is 10.6. The summed E-state index contributed by atoms with van der Waals surface area (Å²) in [6, 6.07) is 0. The van der Waals surface area contributed by atoms with E-state index in [1.807, 2.05) is 13.8 Å². The summed E-state index contributed by atoms with van der Waals surface area (Å²) >= 11 is 5.60. The Morgan fingerprint density at radius 2 is 2.20 bits per heavy atom. The number of carbonyl (C=O) groups is 1. The quantitative estimate of drug-likeness (QED) is 0.532. The molecule has 1 N–H and O–H groups in total. The number of carbonyl (C=O) groups excluding carboxylic acids is 1. The minimum Gasteiger partial charge on any atom is -0.358 e. The molecule has 0 aromatic carbocycles. The SMILES string of the molecule is CNC(=O)C(C)(C)SPS. The lowest BCUT2D eigenvalue weighted by molar-refractivity contribution is -0.122. The van der Waals surface area contributed by atoms with Crippen molar-refractivity contribution in [2.45, 2.75) is 18.6 Å². The van der Waals surface area contributed by atoms with Gasteiger partial charge in [0.25, 0.3) is 0 Å². The van der Waals surface area contributed by atoms with Gasteiger partial charge in [0.2, 0.25) is 5.91 Å². The van der Waals surface area contributed by atoms with E-state index < -0.39 is 0 Å². The highest BCUT2D eigenvalue weighted by molar-refractivity contribution is 8.77. The first-order chi connectivity index (χ1) is 4.54. The van der Waals surface area contributed by atoms with E-state index >= 15 is 0 Å². The summed E-state index contributed by atoms with van der Waals surface area (Å²) in [5.41, 5.74) is 0. The second-order valence-corrected chi connectivity index (χ2v) is 6.49. The van der Waals surface area contributed by atoms with Crippen molar-refractivity contribution in [3.8, 4) is 0 Å². The van der Waals surface area contributed by atoms with Crippen molar-refractivity contribution in [2.24, 2.45) is 0 Å². The molecule has 0 aliphatic rings. The molecule has 0 spiro atoms. The van der Waals surface area contributed by atoms with Crippen LogP contribution in [0.1, 0.15) is 13.8 Å². The molecular weight excluding hydrogens is 185 g/mol. The normalized spacial score (nSPS) is 12.4. The molecule has 0 rings (SSSR count). The van der Waals surface area contributed by atoms with Crippen LogP contribution in [-0.4, -0.2) is 17.7 Å². The van der Waals surface area contributed by atoms with Gasteiger partial charge in [-0.05, 0) is 20.8 Å². The first-order valence-electron chi connectivity index (χ1n) is 2.84. The van der Waals surface area contributed by atoms with Gasteiger partial charge in [0.15, 0.2) is 0 Å². The zero-order valence-corrected chi connectivity index (χ0v) is 8.97. The molecule has 0 bridgehead atoms. The lowest BCUT2D eigenvalue weighted by Crippen LogP contribution is -2.36. The Morgan fingerprint density at radius 1 is 1.70 bits per heavy atom. The molecule has 1 amide bonds. The Balaban J connectivity index is 3.96. The largest absolute Gasteiger partial charge is 0.358 e. The Hall–Kier alpha value is 0.600. The maximum atomic E-state index is 11.1. The van der Waals surface area contributed by atoms with Crippen LogP contribution in [0.3, 0.4) is 0 Å². The Kier molecular flexibility index (Phi) is 4.74. The number of hydrogen-bond acceptors (Lipinski definition) is 3. The van der Waals surface area contributed by atoms with Crippen molar-refractivity contribution in [1.82, 2.24) is 5.32 Å². The molecule has 1 unspecified atom stereocenters. The third-order valence-electron chi connectivity index (χ3n) is 1.07. The lowest BCUT2D eigenvalue weighted by atomic mass is 10.2. The molecule has 10 heavy (non-hydrogen) atoms. The summed E-state index contributed by atoms with van der Waals surface area (Å²) in [6.07, 6.45) is 0. The third-order valence-corrected chi connectivity index (χ3v) is 4.49. The maximum absolute atomic E-state index is 11.1.